The van der Waals surface area contributed by atoms with Crippen molar-refractivity contribution in [2.24, 2.45) is 0 Å². The number of para-hydroxylation sites is 2. The van der Waals surface area contributed by atoms with E-state index in [9.17, 15) is 19.8 Å². The van der Waals surface area contributed by atoms with Gasteiger partial charge in [-0.05, 0) is 51.0 Å². The Morgan fingerprint density at radius 1 is 0.634 bits per heavy atom. The SMILES string of the molecule is CCCCCC(=O)c1c(C)nn(-c2ccccc2)c1[O-].CCCCCC(=O)c1c(C)nn(-c2ccccc2)c1[O-].[Cu+2]. The topological polar surface area (TPSA) is 116 Å². The number of carbonyl (C=O) groups excluding carboxylic acids is 2. The Labute approximate surface area is 252 Å². The molecule has 221 valence electrons. The second kappa shape index (κ2) is 16.6. The molecule has 8 nitrogen and oxygen atoms in total. The van der Waals surface area contributed by atoms with Crippen molar-refractivity contribution in [2.45, 2.75) is 79.1 Å². The Kier molecular flexibility index (Phi) is 13.5. The molecule has 0 saturated carbocycles. The minimum absolute atomic E-state index is 0. The van der Waals surface area contributed by atoms with Gasteiger partial charge in [0.25, 0.3) is 0 Å². The first kappa shape index (κ1) is 33.5. The maximum absolute atomic E-state index is 12.3. The van der Waals surface area contributed by atoms with Crippen molar-refractivity contribution in [3.63, 3.8) is 0 Å². The summed E-state index contributed by atoms with van der Waals surface area (Å²) in [6.07, 6.45) is 6.61. The second-order valence-electron chi connectivity index (χ2n) is 9.79. The van der Waals surface area contributed by atoms with E-state index in [1.165, 1.54) is 9.36 Å². The number of nitrogens with zero attached hydrogens (tertiary/aromatic N) is 4. The zero-order valence-corrected chi connectivity index (χ0v) is 25.1. The molecule has 0 fully saturated rings. The summed E-state index contributed by atoms with van der Waals surface area (Å²) in [5.74, 6) is -0.809. The molecular formula is C32H38CuN4O4. The van der Waals surface area contributed by atoms with Crippen molar-refractivity contribution in [2.75, 3.05) is 0 Å². The van der Waals surface area contributed by atoms with Crippen molar-refractivity contribution in [1.82, 2.24) is 19.6 Å². The smallest absolute Gasteiger partial charge is 0.858 e. The van der Waals surface area contributed by atoms with Crippen LogP contribution in [0, 0.1) is 13.8 Å². The summed E-state index contributed by atoms with van der Waals surface area (Å²) < 4.78 is 2.62. The normalized spacial score (nSPS) is 10.4. The molecule has 0 saturated heterocycles. The van der Waals surface area contributed by atoms with Crippen LogP contribution in [0.4, 0.5) is 0 Å². The van der Waals surface area contributed by atoms with Crippen LogP contribution in [0.2, 0.25) is 0 Å². The molecule has 0 unspecified atom stereocenters. The van der Waals surface area contributed by atoms with E-state index in [4.69, 9.17) is 0 Å². The van der Waals surface area contributed by atoms with Crippen molar-refractivity contribution in [3.05, 3.63) is 83.2 Å². The number of rotatable bonds is 12. The van der Waals surface area contributed by atoms with E-state index in [0.717, 1.165) is 38.5 Å². The Hall–Kier alpha value is -3.68. The quantitative estimate of drug-likeness (QED) is 0.111. The maximum Gasteiger partial charge on any atom is 2.00 e. The van der Waals surface area contributed by atoms with Crippen molar-refractivity contribution in [3.8, 4) is 23.1 Å². The van der Waals surface area contributed by atoms with Gasteiger partial charge in [0.15, 0.2) is 11.6 Å². The summed E-state index contributed by atoms with van der Waals surface area (Å²) in [5.41, 5.74) is 2.89. The molecule has 0 spiro atoms. The van der Waals surface area contributed by atoms with Crippen LogP contribution < -0.4 is 10.2 Å². The summed E-state index contributed by atoms with van der Waals surface area (Å²) in [7, 11) is 0. The van der Waals surface area contributed by atoms with Crippen LogP contribution >= 0.6 is 0 Å². The van der Waals surface area contributed by atoms with Crippen LogP contribution in [0.1, 0.15) is 97.3 Å². The molecule has 0 aliphatic rings. The zero-order chi connectivity index (χ0) is 29.1. The molecule has 0 N–H and O–H groups in total. The van der Waals surface area contributed by atoms with Gasteiger partial charge in [0.2, 0.25) is 0 Å². The van der Waals surface area contributed by atoms with E-state index < -0.39 is 0 Å². The minimum Gasteiger partial charge on any atom is -0.858 e. The Bertz CT molecular complexity index is 1290. The zero-order valence-electron chi connectivity index (χ0n) is 24.2. The van der Waals surface area contributed by atoms with E-state index in [2.05, 4.69) is 24.0 Å². The predicted octanol–water partition coefficient (Wildman–Crippen LogP) is 6.03. The number of aryl methyl sites for hydroxylation is 2. The molecule has 4 aromatic rings. The van der Waals surface area contributed by atoms with Gasteiger partial charge in [0.05, 0.1) is 33.9 Å². The predicted molar refractivity (Wildman–Crippen MR) is 152 cm³/mol. The van der Waals surface area contributed by atoms with Gasteiger partial charge in [-0.25, -0.2) is 9.36 Å². The molecule has 4 rings (SSSR count). The van der Waals surface area contributed by atoms with Crippen LogP contribution in [0.15, 0.2) is 60.7 Å². The van der Waals surface area contributed by atoms with E-state index >= 15 is 0 Å². The van der Waals surface area contributed by atoms with Crippen LogP contribution in [0.25, 0.3) is 11.4 Å². The van der Waals surface area contributed by atoms with Crippen LogP contribution in [-0.2, 0) is 17.1 Å². The fourth-order valence-corrected chi connectivity index (χ4v) is 4.46. The Morgan fingerprint density at radius 3 is 1.29 bits per heavy atom. The van der Waals surface area contributed by atoms with Gasteiger partial charge in [-0.15, -0.1) is 0 Å². The van der Waals surface area contributed by atoms with Gasteiger partial charge in [-0.3, -0.25) is 9.59 Å². The third kappa shape index (κ3) is 8.65. The molecule has 2 aromatic carbocycles. The molecule has 0 amide bonds. The van der Waals surface area contributed by atoms with E-state index in [1.807, 2.05) is 36.4 Å². The first-order chi connectivity index (χ1) is 19.3. The molecule has 0 aliphatic heterocycles. The van der Waals surface area contributed by atoms with Crippen molar-refractivity contribution < 1.29 is 36.9 Å². The molecule has 2 heterocycles. The van der Waals surface area contributed by atoms with Gasteiger partial charge in [-0.2, -0.15) is 10.2 Å². The molecule has 0 bridgehead atoms. The summed E-state index contributed by atoms with van der Waals surface area (Å²) in [6, 6.07) is 18.3. The van der Waals surface area contributed by atoms with Crippen LogP contribution in [0.3, 0.4) is 0 Å². The molecule has 0 atom stereocenters. The number of Topliss-reactive ketones (excluding diaryl/α,β-unsaturated/α-hetero) is 2. The number of hydrogen-bond acceptors (Lipinski definition) is 6. The first-order valence-electron chi connectivity index (χ1n) is 14.0. The monoisotopic (exact) mass is 605 g/mol. The number of hydrogen-bond donors (Lipinski definition) is 0. The fourth-order valence-electron chi connectivity index (χ4n) is 4.46. The van der Waals surface area contributed by atoms with E-state index in [1.54, 1.807) is 38.1 Å². The van der Waals surface area contributed by atoms with Crippen LogP contribution in [0.5, 0.6) is 11.8 Å². The number of benzene rings is 2. The van der Waals surface area contributed by atoms with E-state index in [0.29, 0.717) is 35.6 Å². The average Bonchev–Trinajstić information content (AvgIpc) is 3.43. The van der Waals surface area contributed by atoms with Gasteiger partial charge in [0, 0.05) is 24.6 Å². The number of aromatic nitrogens is 4. The van der Waals surface area contributed by atoms with Crippen molar-refractivity contribution >= 4 is 11.6 Å². The minimum atomic E-state index is -0.310. The van der Waals surface area contributed by atoms with E-state index in [-0.39, 0.29) is 51.5 Å². The molecule has 0 aliphatic carbocycles. The molecular weight excluding hydrogens is 568 g/mol. The summed E-state index contributed by atoms with van der Waals surface area (Å²) in [5, 5.41) is 33.1. The molecule has 2 aromatic heterocycles. The maximum atomic E-state index is 12.3. The van der Waals surface area contributed by atoms with Gasteiger partial charge in [-0.1, -0.05) is 75.9 Å². The standard InChI is InChI=1S/2C16H20N2O2.Cu/c2*1-3-4-6-11-14(19)15-12(2)17-18(16(15)20)13-9-7-5-8-10-13;/h2*5,7-10,20H,3-4,6,11H2,1-2H3;/q;;+2/p-2. The number of carbonyl (C=O) groups is 2. The summed E-state index contributed by atoms with van der Waals surface area (Å²) in [6.45, 7) is 7.60. The fraction of sp³-hybridized carbons (Fsp3) is 0.375. The molecule has 9 heteroatoms. The molecule has 1 radical (unpaired) electrons. The molecule has 41 heavy (non-hydrogen) atoms. The number of ketones is 2. The van der Waals surface area contributed by atoms with Crippen LogP contribution in [-0.4, -0.2) is 31.1 Å². The van der Waals surface area contributed by atoms with Gasteiger partial charge >= 0.3 is 17.1 Å². The summed E-state index contributed by atoms with van der Waals surface area (Å²) in [4.78, 5) is 24.3. The largest absolute Gasteiger partial charge is 2.00 e. The third-order valence-corrected chi connectivity index (χ3v) is 6.61. The Morgan fingerprint density at radius 2 is 0.976 bits per heavy atom. The first-order valence-corrected chi connectivity index (χ1v) is 14.0. The Balaban J connectivity index is 0.000000280. The second-order valence-corrected chi connectivity index (χ2v) is 9.79. The summed E-state index contributed by atoms with van der Waals surface area (Å²) >= 11 is 0. The van der Waals surface area contributed by atoms with Crippen molar-refractivity contribution in [1.29, 1.82) is 0 Å². The van der Waals surface area contributed by atoms with Gasteiger partial charge < -0.3 is 10.2 Å². The third-order valence-electron chi connectivity index (χ3n) is 6.61. The average molecular weight is 606 g/mol. The number of unbranched alkanes of at least 4 members (excludes halogenated alkanes) is 4. The van der Waals surface area contributed by atoms with Gasteiger partial charge in [0.1, 0.15) is 0 Å².